The zero-order chi connectivity index (χ0) is 21.5. The van der Waals surface area contributed by atoms with E-state index in [1.54, 1.807) is 12.3 Å². The molecule has 1 aliphatic rings. The van der Waals surface area contributed by atoms with Gasteiger partial charge in [0.25, 0.3) is 0 Å². The molecule has 3 aromatic rings. The van der Waals surface area contributed by atoms with Crippen molar-refractivity contribution in [3.63, 3.8) is 0 Å². The Balaban J connectivity index is 0.00000289. The van der Waals surface area contributed by atoms with Crippen molar-refractivity contribution in [3.8, 4) is 0 Å². The predicted octanol–water partition coefficient (Wildman–Crippen LogP) is 3.98. The lowest BCUT2D eigenvalue weighted by molar-refractivity contribution is 0.370. The zero-order valence-electron chi connectivity index (χ0n) is 18.3. The molecular weight excluding hydrogens is 518 g/mol. The van der Waals surface area contributed by atoms with E-state index in [4.69, 9.17) is 4.99 Å². The number of hydrogen-bond acceptors (Lipinski definition) is 3. The molecule has 1 aliphatic heterocycles. The van der Waals surface area contributed by atoms with Crippen LogP contribution in [-0.2, 0) is 13.1 Å². The molecule has 2 aromatic carbocycles. The topological polar surface area (TPSA) is 48.7 Å². The lowest BCUT2D eigenvalue weighted by Crippen LogP contribution is -2.52. The molecule has 1 saturated heterocycles. The number of halogens is 2. The quantitative estimate of drug-likeness (QED) is 0.288. The maximum absolute atomic E-state index is 14.1. The normalized spacial score (nSPS) is 14.2. The van der Waals surface area contributed by atoms with E-state index in [0.29, 0.717) is 12.2 Å². The molecule has 4 rings (SSSR count). The second kappa shape index (κ2) is 11.8. The summed E-state index contributed by atoms with van der Waals surface area (Å²) in [7, 11) is 0. The van der Waals surface area contributed by atoms with E-state index >= 15 is 0 Å². The van der Waals surface area contributed by atoms with Crippen molar-refractivity contribution in [2.24, 2.45) is 4.99 Å². The molecule has 0 atom stereocenters. The van der Waals surface area contributed by atoms with Gasteiger partial charge in [-0.2, -0.15) is 0 Å². The van der Waals surface area contributed by atoms with Gasteiger partial charge in [-0.3, -0.25) is 0 Å². The minimum Gasteiger partial charge on any atom is -0.366 e. The molecule has 0 unspecified atom stereocenters. The van der Waals surface area contributed by atoms with Crippen LogP contribution in [0.25, 0.3) is 0 Å². The third-order valence-corrected chi connectivity index (χ3v) is 5.47. The molecule has 1 N–H and O–H groups in total. The molecule has 1 fully saturated rings. The number of imidazole rings is 1. The highest BCUT2D eigenvalue weighted by Gasteiger charge is 2.21. The van der Waals surface area contributed by atoms with Gasteiger partial charge < -0.3 is 19.7 Å². The lowest BCUT2D eigenvalue weighted by atomic mass is 10.1. The Bertz CT molecular complexity index is 982. The first kappa shape index (κ1) is 24.0. The zero-order valence-corrected chi connectivity index (χ0v) is 20.7. The maximum Gasteiger partial charge on any atom is 0.194 e. The van der Waals surface area contributed by atoms with Crippen LogP contribution in [0.4, 0.5) is 10.1 Å². The molecule has 0 spiro atoms. The largest absolute Gasteiger partial charge is 0.366 e. The van der Waals surface area contributed by atoms with Gasteiger partial charge >= 0.3 is 0 Å². The van der Waals surface area contributed by atoms with E-state index in [1.807, 2.05) is 24.7 Å². The fraction of sp³-hybridized carbons (Fsp3) is 0.333. The van der Waals surface area contributed by atoms with Gasteiger partial charge in [0.05, 0.1) is 18.6 Å². The van der Waals surface area contributed by atoms with E-state index in [0.717, 1.165) is 45.2 Å². The van der Waals surface area contributed by atoms with Gasteiger partial charge in [-0.15, -0.1) is 24.0 Å². The molecule has 32 heavy (non-hydrogen) atoms. The number of anilines is 1. The molecule has 0 radical (unpaired) electrons. The number of hydrogen-bond donors (Lipinski definition) is 1. The third-order valence-electron chi connectivity index (χ3n) is 5.47. The number of aliphatic imine (C=N–C) groups is 1. The minimum absolute atomic E-state index is 0. The third kappa shape index (κ3) is 6.21. The minimum atomic E-state index is -0.159. The van der Waals surface area contributed by atoms with Crippen LogP contribution in [-0.4, -0.2) is 53.1 Å². The highest BCUT2D eigenvalue weighted by molar-refractivity contribution is 14.0. The van der Waals surface area contributed by atoms with Crippen molar-refractivity contribution >= 4 is 35.6 Å². The van der Waals surface area contributed by atoms with Crippen molar-refractivity contribution in [3.05, 3.63) is 84.2 Å². The van der Waals surface area contributed by atoms with E-state index in [9.17, 15) is 4.39 Å². The number of nitrogens with zero attached hydrogens (tertiary/aromatic N) is 5. The average molecular weight is 548 g/mol. The van der Waals surface area contributed by atoms with Crippen molar-refractivity contribution in [1.29, 1.82) is 0 Å². The summed E-state index contributed by atoms with van der Waals surface area (Å²) < 4.78 is 16.2. The highest BCUT2D eigenvalue weighted by atomic mass is 127. The molecular formula is C24H30FIN6. The van der Waals surface area contributed by atoms with Crippen molar-refractivity contribution < 1.29 is 4.39 Å². The fourth-order valence-corrected chi connectivity index (χ4v) is 3.80. The standard InChI is InChI=1S/C24H29FN6.HI/c1-2-27-24(31-15-13-30(14-16-31)23-6-4-3-5-22(23)25)28-17-20-7-9-21(10-8-20)18-29-12-11-26-19-29;/h3-12,19H,2,13-18H2,1H3,(H,27,28);1H. The summed E-state index contributed by atoms with van der Waals surface area (Å²) in [5.74, 6) is 0.756. The first-order valence-electron chi connectivity index (χ1n) is 10.8. The number of rotatable bonds is 6. The fourth-order valence-electron chi connectivity index (χ4n) is 3.80. The Labute approximate surface area is 206 Å². The van der Waals surface area contributed by atoms with Crippen LogP contribution in [0.1, 0.15) is 18.1 Å². The van der Waals surface area contributed by atoms with Crippen LogP contribution < -0.4 is 10.2 Å². The van der Waals surface area contributed by atoms with Crippen LogP contribution in [0.2, 0.25) is 0 Å². The van der Waals surface area contributed by atoms with Gasteiger partial charge in [0, 0.05) is 51.7 Å². The van der Waals surface area contributed by atoms with Crippen molar-refractivity contribution in [2.45, 2.75) is 20.0 Å². The summed E-state index contributed by atoms with van der Waals surface area (Å²) in [4.78, 5) is 13.3. The smallest absolute Gasteiger partial charge is 0.194 e. The number of para-hydroxylation sites is 1. The summed E-state index contributed by atoms with van der Waals surface area (Å²) in [5.41, 5.74) is 3.09. The van der Waals surface area contributed by atoms with Gasteiger partial charge in [-0.25, -0.2) is 14.4 Å². The van der Waals surface area contributed by atoms with Crippen LogP contribution in [0.15, 0.2) is 72.2 Å². The number of piperazine rings is 1. The molecule has 0 saturated carbocycles. The molecule has 0 aliphatic carbocycles. The first-order chi connectivity index (χ1) is 15.2. The summed E-state index contributed by atoms with van der Waals surface area (Å²) in [6, 6.07) is 15.5. The average Bonchev–Trinajstić information content (AvgIpc) is 3.31. The predicted molar refractivity (Wildman–Crippen MR) is 138 cm³/mol. The monoisotopic (exact) mass is 548 g/mol. The van der Waals surface area contributed by atoms with Crippen LogP contribution in [0.5, 0.6) is 0 Å². The SMILES string of the molecule is CCNC(=NCc1ccc(Cn2ccnc2)cc1)N1CCN(c2ccccc2F)CC1.I. The second-order valence-corrected chi connectivity index (χ2v) is 7.65. The molecule has 0 amide bonds. The molecule has 1 aromatic heterocycles. The van der Waals surface area contributed by atoms with Gasteiger partial charge in [0.15, 0.2) is 5.96 Å². The van der Waals surface area contributed by atoms with Gasteiger partial charge in [-0.05, 0) is 30.2 Å². The molecule has 8 heteroatoms. The van der Waals surface area contributed by atoms with Gasteiger partial charge in [0.1, 0.15) is 5.82 Å². The number of aromatic nitrogens is 2. The van der Waals surface area contributed by atoms with Crippen molar-refractivity contribution in [2.75, 3.05) is 37.6 Å². The number of nitrogens with one attached hydrogen (secondary N) is 1. The number of guanidine groups is 1. The summed E-state index contributed by atoms with van der Waals surface area (Å²) in [6.07, 6.45) is 5.58. The Kier molecular flexibility index (Phi) is 8.90. The number of benzene rings is 2. The second-order valence-electron chi connectivity index (χ2n) is 7.65. The maximum atomic E-state index is 14.1. The van der Waals surface area contributed by atoms with Crippen LogP contribution >= 0.6 is 24.0 Å². The molecule has 2 heterocycles. The Hall–Kier alpha value is -2.62. The van der Waals surface area contributed by atoms with Crippen LogP contribution in [0, 0.1) is 5.82 Å². The van der Waals surface area contributed by atoms with Crippen molar-refractivity contribution in [1.82, 2.24) is 19.8 Å². The Morgan fingerprint density at radius 3 is 2.41 bits per heavy atom. The van der Waals surface area contributed by atoms with E-state index in [-0.39, 0.29) is 29.8 Å². The molecule has 0 bridgehead atoms. The highest BCUT2D eigenvalue weighted by Crippen LogP contribution is 2.20. The Morgan fingerprint density at radius 1 is 1.03 bits per heavy atom. The molecule has 170 valence electrons. The lowest BCUT2D eigenvalue weighted by Gasteiger charge is -2.37. The van der Waals surface area contributed by atoms with E-state index in [1.165, 1.54) is 17.2 Å². The Morgan fingerprint density at radius 2 is 1.75 bits per heavy atom. The summed E-state index contributed by atoms with van der Waals surface area (Å²) >= 11 is 0. The van der Waals surface area contributed by atoms with Gasteiger partial charge in [-0.1, -0.05) is 36.4 Å². The summed E-state index contributed by atoms with van der Waals surface area (Å²) in [5, 5.41) is 3.40. The first-order valence-corrected chi connectivity index (χ1v) is 10.8. The summed E-state index contributed by atoms with van der Waals surface area (Å²) in [6.45, 7) is 7.50. The van der Waals surface area contributed by atoms with Gasteiger partial charge in [0.2, 0.25) is 0 Å². The van der Waals surface area contributed by atoms with Crippen LogP contribution in [0.3, 0.4) is 0 Å². The molecule has 6 nitrogen and oxygen atoms in total. The van der Waals surface area contributed by atoms with E-state index in [2.05, 4.69) is 55.9 Å². The van der Waals surface area contributed by atoms with E-state index < -0.39 is 0 Å².